The van der Waals surface area contributed by atoms with Crippen molar-refractivity contribution in [2.75, 3.05) is 7.11 Å². The van der Waals surface area contributed by atoms with Crippen molar-refractivity contribution in [3.05, 3.63) is 53.6 Å². The van der Waals surface area contributed by atoms with E-state index < -0.39 is 10.1 Å². The molecular weight excluding hydrogens is 358 g/mol. The number of ether oxygens (including phenoxy) is 1. The molecule has 0 aliphatic heterocycles. The Bertz CT molecular complexity index is 919. The predicted molar refractivity (Wildman–Crippen MR) is 94.8 cm³/mol. The van der Waals surface area contributed by atoms with Gasteiger partial charge in [-0.25, -0.2) is 0 Å². The second-order valence-corrected chi connectivity index (χ2v) is 7.06. The largest absolute Gasteiger partial charge is 0.497 e. The summed E-state index contributed by atoms with van der Waals surface area (Å²) in [7, 11) is -2.67. The molecule has 0 saturated carbocycles. The van der Waals surface area contributed by atoms with Crippen LogP contribution in [0.2, 0.25) is 0 Å². The molecule has 0 spiro atoms. The van der Waals surface area contributed by atoms with Gasteiger partial charge in [0, 0.05) is 13.5 Å². The maximum Gasteiger partial charge on any atom is 0.339 e. The van der Waals surface area contributed by atoms with Gasteiger partial charge in [0.25, 0.3) is 0 Å². The minimum atomic E-state index is -4.12. The third-order valence-electron chi connectivity index (χ3n) is 3.52. The average molecular weight is 377 g/mol. The van der Waals surface area contributed by atoms with Crippen molar-refractivity contribution in [3.63, 3.8) is 0 Å². The van der Waals surface area contributed by atoms with E-state index in [0.29, 0.717) is 12.3 Å². The Kier molecular flexibility index (Phi) is 5.99. The molecule has 0 aromatic heterocycles. The lowest BCUT2D eigenvalue weighted by molar-refractivity contribution is -0.119. The van der Waals surface area contributed by atoms with Gasteiger partial charge in [0.15, 0.2) is 11.5 Å². The number of rotatable bonds is 7. The zero-order valence-electron chi connectivity index (χ0n) is 14.6. The highest BCUT2D eigenvalue weighted by Crippen LogP contribution is 2.27. The Hall–Kier alpha value is -2.87. The number of carbonyl (C=O) groups excluding carboxylic acids is 2. The Morgan fingerprint density at radius 1 is 1.04 bits per heavy atom. The third-order valence-corrected chi connectivity index (χ3v) is 4.77. The van der Waals surface area contributed by atoms with E-state index in [1.165, 1.54) is 51.3 Å². The van der Waals surface area contributed by atoms with Crippen LogP contribution in [0.25, 0.3) is 0 Å². The molecule has 0 aliphatic carbocycles. The van der Waals surface area contributed by atoms with E-state index in [1.807, 2.05) is 0 Å². The van der Waals surface area contributed by atoms with E-state index in [9.17, 15) is 18.0 Å². The second-order valence-electron chi connectivity index (χ2n) is 5.51. The molecule has 7 nitrogen and oxygen atoms in total. The molecule has 2 aromatic carbocycles. The van der Waals surface area contributed by atoms with Crippen LogP contribution in [0.3, 0.4) is 0 Å². The molecule has 0 aliphatic rings. The fraction of sp³-hybridized carbons (Fsp3) is 0.222. The number of benzene rings is 2. The van der Waals surface area contributed by atoms with Gasteiger partial charge in [-0.05, 0) is 42.8 Å². The van der Waals surface area contributed by atoms with E-state index in [2.05, 4.69) is 5.32 Å². The number of carbonyl (C=O) groups is 2. The van der Waals surface area contributed by atoms with Gasteiger partial charge in [-0.1, -0.05) is 12.1 Å². The smallest absolute Gasteiger partial charge is 0.339 e. The van der Waals surface area contributed by atoms with Crippen LogP contribution in [0.5, 0.6) is 11.5 Å². The minimum Gasteiger partial charge on any atom is -0.497 e. The molecule has 0 bridgehead atoms. The van der Waals surface area contributed by atoms with Gasteiger partial charge in [0.1, 0.15) is 10.6 Å². The van der Waals surface area contributed by atoms with Crippen LogP contribution >= 0.6 is 0 Å². The van der Waals surface area contributed by atoms with Gasteiger partial charge >= 0.3 is 10.1 Å². The van der Waals surface area contributed by atoms with Gasteiger partial charge in [0.05, 0.1) is 12.7 Å². The van der Waals surface area contributed by atoms with Crippen LogP contribution in [0.4, 0.5) is 0 Å². The summed E-state index contributed by atoms with van der Waals surface area (Å²) in [6.45, 7) is 3.00. The van der Waals surface area contributed by atoms with Crippen LogP contribution < -0.4 is 14.2 Å². The first-order chi connectivity index (χ1) is 12.2. The summed E-state index contributed by atoms with van der Waals surface area (Å²) in [5.41, 5.74) is 0.850. The highest BCUT2D eigenvalue weighted by Gasteiger charge is 2.20. The SMILES string of the molecule is COc1ccc(OS(=O)(=O)c2ccc(CNC(C)=O)cc2)c(C(C)=O)c1. The standard InChI is InChI=1S/C18H19NO6S/c1-12(20)17-10-15(24-3)6-9-18(17)25-26(22,23)16-7-4-14(5-8-16)11-19-13(2)21/h4-10H,11H2,1-3H3,(H,19,21). The van der Waals surface area contributed by atoms with Crippen molar-refractivity contribution in [2.24, 2.45) is 0 Å². The summed E-state index contributed by atoms with van der Waals surface area (Å²) in [5.74, 6) is -0.177. The van der Waals surface area contributed by atoms with Crippen LogP contribution in [0.15, 0.2) is 47.4 Å². The van der Waals surface area contributed by atoms with Gasteiger partial charge in [-0.3, -0.25) is 9.59 Å². The topological polar surface area (TPSA) is 98.8 Å². The number of hydrogen-bond donors (Lipinski definition) is 1. The van der Waals surface area contributed by atoms with E-state index in [1.54, 1.807) is 12.1 Å². The zero-order valence-corrected chi connectivity index (χ0v) is 15.4. The monoisotopic (exact) mass is 377 g/mol. The first-order valence-corrected chi connectivity index (χ1v) is 9.10. The number of amides is 1. The number of nitrogens with one attached hydrogen (secondary N) is 1. The quantitative estimate of drug-likeness (QED) is 0.587. The van der Waals surface area contributed by atoms with Crippen molar-refractivity contribution in [2.45, 2.75) is 25.3 Å². The van der Waals surface area contributed by atoms with Crippen LogP contribution in [-0.2, 0) is 21.5 Å². The molecule has 8 heteroatoms. The van der Waals surface area contributed by atoms with Crippen molar-refractivity contribution < 1.29 is 26.9 Å². The Morgan fingerprint density at radius 2 is 1.69 bits per heavy atom. The van der Waals surface area contributed by atoms with E-state index >= 15 is 0 Å². The van der Waals surface area contributed by atoms with E-state index in [-0.39, 0.29) is 27.9 Å². The molecule has 1 N–H and O–H groups in total. The first kappa shape index (κ1) is 19.5. The van der Waals surface area contributed by atoms with Gasteiger partial charge in [-0.2, -0.15) is 8.42 Å². The molecular formula is C18H19NO6S. The molecule has 2 aromatic rings. The maximum atomic E-state index is 12.5. The molecule has 138 valence electrons. The lowest BCUT2D eigenvalue weighted by Crippen LogP contribution is -2.19. The van der Waals surface area contributed by atoms with Crippen LogP contribution in [-0.4, -0.2) is 27.2 Å². The fourth-order valence-electron chi connectivity index (χ4n) is 2.15. The molecule has 0 heterocycles. The Balaban J connectivity index is 2.26. The lowest BCUT2D eigenvalue weighted by Gasteiger charge is -2.12. The molecule has 0 saturated heterocycles. The molecule has 0 unspecified atom stereocenters. The summed E-state index contributed by atoms with van der Waals surface area (Å²) in [4.78, 5) is 22.6. The molecule has 2 rings (SSSR count). The lowest BCUT2D eigenvalue weighted by atomic mass is 10.1. The van der Waals surface area contributed by atoms with E-state index in [4.69, 9.17) is 8.92 Å². The molecule has 0 radical (unpaired) electrons. The number of methoxy groups -OCH3 is 1. The second kappa shape index (κ2) is 8.01. The molecule has 0 atom stereocenters. The summed E-state index contributed by atoms with van der Waals surface area (Å²) < 4.78 is 35.1. The van der Waals surface area contributed by atoms with Gasteiger partial charge in [-0.15, -0.1) is 0 Å². The van der Waals surface area contributed by atoms with Crippen LogP contribution in [0, 0.1) is 0 Å². The summed E-state index contributed by atoms with van der Waals surface area (Å²) in [6, 6.07) is 10.2. The fourth-order valence-corrected chi connectivity index (χ4v) is 3.10. The first-order valence-electron chi connectivity index (χ1n) is 7.70. The third kappa shape index (κ3) is 4.82. The summed E-state index contributed by atoms with van der Waals surface area (Å²) in [5, 5.41) is 2.62. The van der Waals surface area contributed by atoms with E-state index in [0.717, 1.165) is 5.56 Å². The summed E-state index contributed by atoms with van der Waals surface area (Å²) in [6.07, 6.45) is 0. The highest BCUT2D eigenvalue weighted by molar-refractivity contribution is 7.87. The Morgan fingerprint density at radius 3 is 2.23 bits per heavy atom. The number of hydrogen-bond acceptors (Lipinski definition) is 6. The number of ketones is 1. The normalized spacial score (nSPS) is 10.9. The molecule has 26 heavy (non-hydrogen) atoms. The Labute approximate surface area is 152 Å². The minimum absolute atomic E-state index is 0.0607. The van der Waals surface area contributed by atoms with Crippen molar-refractivity contribution >= 4 is 21.8 Å². The molecule has 1 amide bonds. The predicted octanol–water partition coefficient (Wildman–Crippen LogP) is 2.30. The zero-order chi connectivity index (χ0) is 19.3. The molecule has 0 fully saturated rings. The van der Waals surface area contributed by atoms with Crippen molar-refractivity contribution in [1.82, 2.24) is 5.32 Å². The summed E-state index contributed by atoms with van der Waals surface area (Å²) >= 11 is 0. The van der Waals surface area contributed by atoms with Gasteiger partial charge in [0.2, 0.25) is 5.91 Å². The average Bonchev–Trinajstić information content (AvgIpc) is 2.60. The van der Waals surface area contributed by atoms with Crippen molar-refractivity contribution in [1.29, 1.82) is 0 Å². The highest BCUT2D eigenvalue weighted by atomic mass is 32.2. The maximum absolute atomic E-state index is 12.5. The van der Waals surface area contributed by atoms with Crippen LogP contribution in [0.1, 0.15) is 29.8 Å². The number of Topliss-reactive ketones (excluding diaryl/α,β-unsaturated/α-hetero) is 1. The van der Waals surface area contributed by atoms with Crippen molar-refractivity contribution in [3.8, 4) is 11.5 Å². The van der Waals surface area contributed by atoms with Gasteiger partial charge < -0.3 is 14.2 Å².